The van der Waals surface area contributed by atoms with Gasteiger partial charge in [0.05, 0.1) is 11.4 Å². The average molecular weight is 362 g/mol. The molecule has 0 radical (unpaired) electrons. The number of anilines is 1. The molecule has 2 heterocycles. The first-order chi connectivity index (χ1) is 11.8. The Kier molecular flexibility index (Phi) is 4.71. The van der Waals surface area contributed by atoms with Gasteiger partial charge in [-0.25, -0.2) is 8.42 Å². The highest BCUT2D eigenvalue weighted by Gasteiger charge is 2.26. The summed E-state index contributed by atoms with van der Waals surface area (Å²) >= 11 is 0. The molecule has 6 nitrogen and oxygen atoms in total. The average Bonchev–Trinajstić information content (AvgIpc) is 2.98. The zero-order chi connectivity index (χ0) is 18.2. The van der Waals surface area contributed by atoms with Crippen molar-refractivity contribution in [3.63, 3.8) is 0 Å². The summed E-state index contributed by atoms with van der Waals surface area (Å²) in [7, 11) is -2.09. The summed E-state index contributed by atoms with van der Waals surface area (Å²) in [6.07, 6.45) is 1.60. The summed E-state index contributed by atoms with van der Waals surface area (Å²) in [4.78, 5) is 13.7. The Hall–Kier alpha value is -2.12. The molecule has 0 fully saturated rings. The van der Waals surface area contributed by atoms with E-state index in [2.05, 4.69) is 0 Å². The summed E-state index contributed by atoms with van der Waals surface area (Å²) < 4.78 is 32.4. The van der Waals surface area contributed by atoms with Gasteiger partial charge in [-0.15, -0.1) is 0 Å². The Morgan fingerprint density at radius 2 is 2.04 bits per heavy atom. The van der Waals surface area contributed by atoms with Crippen LogP contribution in [0.3, 0.4) is 0 Å². The molecule has 0 unspecified atom stereocenters. The van der Waals surface area contributed by atoms with Crippen molar-refractivity contribution in [2.75, 3.05) is 18.5 Å². The lowest BCUT2D eigenvalue weighted by atomic mass is 10.0. The van der Waals surface area contributed by atoms with Gasteiger partial charge in [-0.1, -0.05) is 0 Å². The highest BCUT2D eigenvalue weighted by Crippen LogP contribution is 2.30. The number of nitrogens with zero attached hydrogens (tertiary/aromatic N) is 2. The molecular weight excluding hydrogens is 340 g/mol. The van der Waals surface area contributed by atoms with Crippen molar-refractivity contribution in [1.29, 1.82) is 0 Å². The summed E-state index contributed by atoms with van der Waals surface area (Å²) in [6.45, 7) is 4.19. The number of amides is 1. The number of rotatable bonds is 4. The van der Waals surface area contributed by atoms with Crippen LogP contribution in [-0.4, -0.2) is 32.2 Å². The lowest BCUT2D eigenvalue weighted by molar-refractivity contribution is -0.116. The van der Waals surface area contributed by atoms with E-state index in [-0.39, 0.29) is 17.3 Å². The molecule has 0 N–H and O–H groups in total. The van der Waals surface area contributed by atoms with Crippen molar-refractivity contribution in [3.05, 3.63) is 47.4 Å². The number of hydrogen-bond acceptors (Lipinski definition) is 4. The van der Waals surface area contributed by atoms with Gasteiger partial charge >= 0.3 is 0 Å². The van der Waals surface area contributed by atoms with Gasteiger partial charge in [0.2, 0.25) is 15.9 Å². The van der Waals surface area contributed by atoms with Crippen LogP contribution in [0.15, 0.2) is 39.6 Å². The van der Waals surface area contributed by atoms with Crippen molar-refractivity contribution >= 4 is 21.6 Å². The van der Waals surface area contributed by atoms with Crippen LogP contribution in [0.1, 0.15) is 30.4 Å². The largest absolute Gasteiger partial charge is 0.465 e. The molecule has 1 aliphatic heterocycles. The van der Waals surface area contributed by atoms with Crippen LogP contribution in [0.5, 0.6) is 0 Å². The number of benzene rings is 1. The Morgan fingerprint density at radius 1 is 1.28 bits per heavy atom. The van der Waals surface area contributed by atoms with Crippen molar-refractivity contribution in [2.45, 2.75) is 38.1 Å². The third-order valence-corrected chi connectivity index (χ3v) is 6.23. The van der Waals surface area contributed by atoms with Crippen LogP contribution < -0.4 is 4.90 Å². The van der Waals surface area contributed by atoms with Gasteiger partial charge < -0.3 is 9.32 Å². The van der Waals surface area contributed by atoms with Gasteiger partial charge in [-0.2, -0.15) is 4.31 Å². The fourth-order valence-corrected chi connectivity index (χ4v) is 4.30. The van der Waals surface area contributed by atoms with E-state index < -0.39 is 10.0 Å². The summed E-state index contributed by atoms with van der Waals surface area (Å²) in [6, 6.07) is 8.57. The minimum Gasteiger partial charge on any atom is -0.465 e. The molecule has 1 aromatic carbocycles. The van der Waals surface area contributed by atoms with E-state index in [4.69, 9.17) is 4.42 Å². The minimum atomic E-state index is -3.63. The molecule has 7 heteroatoms. The van der Waals surface area contributed by atoms with Gasteiger partial charge in [0, 0.05) is 26.2 Å². The van der Waals surface area contributed by atoms with E-state index in [1.54, 1.807) is 29.2 Å². The van der Waals surface area contributed by atoms with Gasteiger partial charge in [0.15, 0.2) is 0 Å². The Bertz CT molecular complexity index is 902. The second kappa shape index (κ2) is 6.65. The summed E-state index contributed by atoms with van der Waals surface area (Å²) in [5.41, 5.74) is 1.70. The van der Waals surface area contributed by atoms with Crippen LogP contribution in [0.25, 0.3) is 0 Å². The number of hydrogen-bond donors (Lipinski definition) is 0. The van der Waals surface area contributed by atoms with Gasteiger partial charge in [-0.3, -0.25) is 4.79 Å². The van der Waals surface area contributed by atoms with E-state index in [1.165, 1.54) is 18.3 Å². The van der Waals surface area contributed by atoms with E-state index in [1.807, 2.05) is 13.0 Å². The predicted octanol–water partition coefficient (Wildman–Crippen LogP) is 2.71. The third-order valence-electron chi connectivity index (χ3n) is 4.43. The Labute approximate surface area is 148 Å². The van der Waals surface area contributed by atoms with Crippen LogP contribution in [0, 0.1) is 6.92 Å². The van der Waals surface area contributed by atoms with E-state index >= 15 is 0 Å². The minimum absolute atomic E-state index is 0.0261. The van der Waals surface area contributed by atoms with E-state index in [0.717, 1.165) is 29.9 Å². The molecule has 1 amide bonds. The predicted molar refractivity (Wildman–Crippen MR) is 94.9 cm³/mol. The third kappa shape index (κ3) is 3.48. The van der Waals surface area contributed by atoms with Crippen LogP contribution in [0.2, 0.25) is 0 Å². The molecule has 0 spiro atoms. The topological polar surface area (TPSA) is 70.8 Å². The molecule has 0 bridgehead atoms. The second-order valence-corrected chi connectivity index (χ2v) is 8.38. The van der Waals surface area contributed by atoms with Crippen LogP contribution in [-0.2, 0) is 27.8 Å². The maximum absolute atomic E-state index is 12.8. The molecule has 2 aromatic rings. The highest BCUT2D eigenvalue weighted by atomic mass is 32.2. The fraction of sp³-hybridized carbons (Fsp3) is 0.389. The standard InChI is InChI=1S/C18H22N2O4S/c1-13-6-7-16(24-13)12-19(3)25(22,23)17-8-9-18-15(11-17)5-4-10-20(18)14(2)21/h6-9,11H,4-5,10,12H2,1-3H3. The van der Waals surface area contributed by atoms with Crippen molar-refractivity contribution in [1.82, 2.24) is 4.31 Å². The quantitative estimate of drug-likeness (QED) is 0.838. The highest BCUT2D eigenvalue weighted by molar-refractivity contribution is 7.89. The molecule has 0 aliphatic carbocycles. The van der Waals surface area contributed by atoms with Crippen LogP contribution >= 0.6 is 0 Å². The van der Waals surface area contributed by atoms with Crippen molar-refractivity contribution in [3.8, 4) is 0 Å². The molecule has 1 aliphatic rings. The fourth-order valence-electron chi connectivity index (χ4n) is 3.12. The number of aryl methyl sites for hydroxylation is 2. The smallest absolute Gasteiger partial charge is 0.243 e. The molecule has 3 rings (SSSR count). The van der Waals surface area contributed by atoms with Crippen LogP contribution in [0.4, 0.5) is 5.69 Å². The number of carbonyl (C=O) groups excluding carboxylic acids is 1. The summed E-state index contributed by atoms with van der Waals surface area (Å²) in [5.74, 6) is 1.32. The zero-order valence-corrected chi connectivity index (χ0v) is 15.5. The maximum Gasteiger partial charge on any atom is 0.243 e. The van der Waals surface area contributed by atoms with Gasteiger partial charge in [0.25, 0.3) is 0 Å². The Morgan fingerprint density at radius 3 is 2.68 bits per heavy atom. The zero-order valence-electron chi connectivity index (χ0n) is 14.7. The monoisotopic (exact) mass is 362 g/mol. The Balaban J connectivity index is 1.88. The SMILES string of the molecule is CC(=O)N1CCCc2cc(S(=O)(=O)N(C)Cc3ccc(C)o3)ccc21. The number of furan rings is 1. The molecule has 25 heavy (non-hydrogen) atoms. The lowest BCUT2D eigenvalue weighted by Gasteiger charge is -2.29. The van der Waals surface area contributed by atoms with Gasteiger partial charge in [-0.05, 0) is 55.7 Å². The van der Waals surface area contributed by atoms with Gasteiger partial charge in [0.1, 0.15) is 11.5 Å². The molecule has 0 saturated heterocycles. The normalized spacial score (nSPS) is 14.6. The molecular formula is C18H22N2O4S. The first kappa shape index (κ1) is 17.7. The van der Waals surface area contributed by atoms with Crippen molar-refractivity contribution in [2.24, 2.45) is 0 Å². The molecule has 0 saturated carbocycles. The number of sulfonamides is 1. The number of carbonyl (C=O) groups is 1. The molecule has 1 aromatic heterocycles. The van der Waals surface area contributed by atoms with E-state index in [9.17, 15) is 13.2 Å². The number of fused-ring (bicyclic) bond motifs is 1. The first-order valence-electron chi connectivity index (χ1n) is 8.22. The molecule has 0 atom stereocenters. The summed E-state index contributed by atoms with van der Waals surface area (Å²) in [5, 5.41) is 0. The van der Waals surface area contributed by atoms with Crippen molar-refractivity contribution < 1.29 is 17.6 Å². The first-order valence-corrected chi connectivity index (χ1v) is 9.66. The lowest BCUT2D eigenvalue weighted by Crippen LogP contribution is -2.34. The van der Waals surface area contributed by atoms with E-state index in [0.29, 0.717) is 12.3 Å². The maximum atomic E-state index is 12.8. The molecule has 134 valence electrons. The second-order valence-electron chi connectivity index (χ2n) is 6.34.